The van der Waals surface area contributed by atoms with Crippen molar-refractivity contribution < 1.29 is 24.2 Å². The van der Waals surface area contributed by atoms with Gasteiger partial charge in [-0.3, -0.25) is 9.59 Å². The van der Waals surface area contributed by atoms with E-state index in [0.717, 1.165) is 154 Å². The smallest absolute Gasteiger partial charge is 0.306 e. The molecular formula is C77H114O5. The Bertz CT molecular complexity index is 2040. The second-order valence-corrected chi connectivity index (χ2v) is 20.0. The summed E-state index contributed by atoms with van der Waals surface area (Å²) in [5.74, 6) is -0.690. The molecule has 0 fully saturated rings. The third-order valence-corrected chi connectivity index (χ3v) is 12.5. The summed E-state index contributed by atoms with van der Waals surface area (Å²) in [4.78, 5) is 24.6. The summed E-state index contributed by atoms with van der Waals surface area (Å²) in [6.07, 6.45) is 115. The van der Waals surface area contributed by atoms with Crippen molar-refractivity contribution in [1.29, 1.82) is 0 Å². The van der Waals surface area contributed by atoms with Crippen LogP contribution in [-0.2, 0) is 19.1 Å². The minimum Gasteiger partial charge on any atom is -0.462 e. The van der Waals surface area contributed by atoms with E-state index in [1.54, 1.807) is 0 Å². The molecule has 0 saturated heterocycles. The number of hydrogen-bond acceptors (Lipinski definition) is 5. The van der Waals surface area contributed by atoms with E-state index in [2.05, 4.69) is 245 Å². The lowest BCUT2D eigenvalue weighted by molar-refractivity contribution is -0.161. The highest BCUT2D eigenvalue weighted by Gasteiger charge is 2.16. The van der Waals surface area contributed by atoms with Crippen molar-refractivity contribution in [3.05, 3.63) is 231 Å². The molecule has 0 heterocycles. The minimum absolute atomic E-state index is 0.116. The van der Waals surface area contributed by atoms with Gasteiger partial charge in [0.15, 0.2) is 6.10 Å². The van der Waals surface area contributed by atoms with Crippen molar-refractivity contribution in [3.8, 4) is 0 Å². The second kappa shape index (κ2) is 69.2. The fourth-order valence-corrected chi connectivity index (χ4v) is 7.76. The minimum atomic E-state index is -0.821. The van der Waals surface area contributed by atoms with E-state index < -0.39 is 6.10 Å². The molecule has 452 valence electrons. The molecule has 0 aromatic heterocycles. The van der Waals surface area contributed by atoms with E-state index in [1.165, 1.54) is 32.1 Å². The molecule has 0 radical (unpaired) electrons. The van der Waals surface area contributed by atoms with Gasteiger partial charge in [-0.05, 0) is 154 Å². The van der Waals surface area contributed by atoms with Gasteiger partial charge in [0.05, 0.1) is 6.61 Å². The number of unbranched alkanes of at least 4 members (excludes halogenated alkanes) is 9. The first kappa shape index (κ1) is 76.0. The standard InChI is InChI=1S/C77H114O5/c1-3-5-7-9-11-13-15-17-19-21-23-25-27-29-31-33-34-35-36-37-38-39-40-41-42-44-46-48-50-52-54-56-58-60-62-64-66-68-70-72-77(80)82-75(73-78)74-81-76(79)71-69-67-65-63-61-59-57-55-53-51-49-47-45-43-32-30-28-26-24-22-20-18-16-14-12-10-8-6-4-2/h5-8,11-14,17-20,23-26,29-32,34-35,37-38,40-41,44-47,50-53,57,59,63,65,75,78H,3-4,9-10,15-16,21-22,27-28,33,36,39,42-43,48-49,54-56,58,60-62,64,66-74H2,1-2H3/b7-5-,8-6-,13-11-,14-12-,19-17-,20-18-,25-23-,26-24-,31-29-,32-30-,35-34-,38-37-,41-40-,46-44-,47-45-,52-50-,53-51-,59-57-,65-63-. The summed E-state index contributed by atoms with van der Waals surface area (Å²) in [5.41, 5.74) is 0. The number of ether oxygens (including phenoxy) is 2. The molecule has 1 atom stereocenters. The van der Waals surface area contributed by atoms with Crippen LogP contribution in [0.3, 0.4) is 0 Å². The molecule has 1 N–H and O–H groups in total. The number of esters is 2. The quantitative estimate of drug-likeness (QED) is 0.0373. The number of carbonyl (C=O) groups is 2. The maximum absolute atomic E-state index is 12.3. The molecule has 82 heavy (non-hydrogen) atoms. The molecule has 0 spiro atoms. The first-order valence-electron chi connectivity index (χ1n) is 31.9. The zero-order valence-electron chi connectivity index (χ0n) is 51.6. The van der Waals surface area contributed by atoms with Crippen LogP contribution in [0.1, 0.15) is 219 Å². The Kier molecular flexibility index (Phi) is 64.1. The lowest BCUT2D eigenvalue weighted by atomic mass is 10.1. The molecule has 1 unspecified atom stereocenters. The highest BCUT2D eigenvalue weighted by Crippen LogP contribution is 2.13. The van der Waals surface area contributed by atoms with E-state index in [0.29, 0.717) is 12.8 Å². The summed E-state index contributed by atoms with van der Waals surface area (Å²) < 4.78 is 10.7. The molecule has 0 aliphatic rings. The lowest BCUT2D eigenvalue weighted by Gasteiger charge is -2.15. The molecule has 0 amide bonds. The highest BCUT2D eigenvalue weighted by atomic mass is 16.6. The summed E-state index contributed by atoms with van der Waals surface area (Å²) in [6, 6.07) is 0. The van der Waals surface area contributed by atoms with Crippen LogP contribution >= 0.6 is 0 Å². The van der Waals surface area contributed by atoms with Crippen LogP contribution in [0, 0.1) is 0 Å². The predicted molar refractivity (Wildman–Crippen MR) is 361 cm³/mol. The maximum Gasteiger partial charge on any atom is 0.306 e. The zero-order valence-corrected chi connectivity index (χ0v) is 51.6. The summed E-state index contributed by atoms with van der Waals surface area (Å²) in [6.45, 7) is 3.84. The second-order valence-electron chi connectivity index (χ2n) is 20.0. The largest absolute Gasteiger partial charge is 0.462 e. The number of aliphatic hydroxyl groups is 1. The average Bonchev–Trinajstić information content (AvgIpc) is 3.49. The first-order chi connectivity index (χ1) is 40.6. The van der Waals surface area contributed by atoms with E-state index in [4.69, 9.17) is 9.47 Å². The third kappa shape index (κ3) is 66.5. The van der Waals surface area contributed by atoms with Gasteiger partial charge in [-0.25, -0.2) is 0 Å². The average molecular weight is 1120 g/mol. The summed E-state index contributed by atoms with van der Waals surface area (Å²) in [7, 11) is 0. The molecule has 0 aromatic carbocycles. The van der Waals surface area contributed by atoms with Crippen LogP contribution in [0.4, 0.5) is 0 Å². The Morgan fingerprint density at radius 3 is 0.768 bits per heavy atom. The number of allylic oxidation sites excluding steroid dienone is 38. The SMILES string of the molecule is CC/C=C\C/C=C\C/C=C\C/C=C\C/C=C\C/C=C\C/C=C\C/C=C\C/C=C\C/C=C\CCCCCCCCCCC(=O)OC(CO)COC(=O)CCC/C=C\C/C=C\C/C=C\C/C=C\C/C=C\C/C=C\C/C=C\C/C=C\C/C=C\CC. The number of rotatable bonds is 55. The Balaban J connectivity index is 3.71. The van der Waals surface area contributed by atoms with Crippen molar-refractivity contribution in [2.24, 2.45) is 0 Å². The maximum atomic E-state index is 12.3. The Morgan fingerprint density at radius 1 is 0.280 bits per heavy atom. The zero-order chi connectivity index (χ0) is 59.1. The van der Waals surface area contributed by atoms with Gasteiger partial charge in [0.1, 0.15) is 6.61 Å². The third-order valence-electron chi connectivity index (χ3n) is 12.5. The monoisotopic (exact) mass is 1120 g/mol. The van der Waals surface area contributed by atoms with E-state index >= 15 is 0 Å². The Morgan fingerprint density at radius 2 is 0.500 bits per heavy atom. The Hall–Kier alpha value is -6.04. The van der Waals surface area contributed by atoms with Crippen molar-refractivity contribution >= 4 is 11.9 Å². The lowest BCUT2D eigenvalue weighted by Crippen LogP contribution is -2.28. The van der Waals surface area contributed by atoms with Crippen LogP contribution in [0.15, 0.2) is 231 Å². The van der Waals surface area contributed by atoms with Gasteiger partial charge < -0.3 is 14.6 Å². The van der Waals surface area contributed by atoms with E-state index in [1.807, 2.05) is 0 Å². The molecular weight excluding hydrogens is 1000 g/mol. The number of hydrogen-bond donors (Lipinski definition) is 1. The van der Waals surface area contributed by atoms with Crippen LogP contribution in [0.5, 0.6) is 0 Å². The molecule has 0 aliphatic carbocycles. The van der Waals surface area contributed by atoms with Crippen molar-refractivity contribution in [2.45, 2.75) is 225 Å². The molecule has 0 bridgehead atoms. The molecule has 0 saturated carbocycles. The van der Waals surface area contributed by atoms with Crippen LogP contribution in [-0.4, -0.2) is 36.4 Å². The fourth-order valence-electron chi connectivity index (χ4n) is 7.76. The first-order valence-corrected chi connectivity index (χ1v) is 31.9. The van der Waals surface area contributed by atoms with Gasteiger partial charge >= 0.3 is 11.9 Å². The van der Waals surface area contributed by atoms with Gasteiger partial charge in [-0.15, -0.1) is 0 Å². The van der Waals surface area contributed by atoms with E-state index in [9.17, 15) is 14.7 Å². The number of aliphatic hydroxyl groups excluding tert-OH is 1. The topological polar surface area (TPSA) is 72.8 Å². The molecule has 0 rings (SSSR count). The normalized spacial score (nSPS) is 13.8. The van der Waals surface area contributed by atoms with Gasteiger partial charge in [0.2, 0.25) is 0 Å². The van der Waals surface area contributed by atoms with E-state index in [-0.39, 0.29) is 31.6 Å². The van der Waals surface area contributed by atoms with Gasteiger partial charge in [0, 0.05) is 12.8 Å². The van der Waals surface area contributed by atoms with Gasteiger partial charge in [0.25, 0.3) is 0 Å². The van der Waals surface area contributed by atoms with Crippen molar-refractivity contribution in [2.75, 3.05) is 13.2 Å². The van der Waals surface area contributed by atoms with Crippen LogP contribution in [0.2, 0.25) is 0 Å². The molecule has 5 heteroatoms. The van der Waals surface area contributed by atoms with Crippen LogP contribution in [0.25, 0.3) is 0 Å². The molecule has 0 aromatic rings. The van der Waals surface area contributed by atoms with Crippen molar-refractivity contribution in [1.82, 2.24) is 0 Å². The number of carbonyl (C=O) groups excluding carboxylic acids is 2. The van der Waals surface area contributed by atoms with Crippen LogP contribution < -0.4 is 0 Å². The van der Waals surface area contributed by atoms with Gasteiger partial charge in [-0.1, -0.05) is 283 Å². The Labute approximate surface area is 503 Å². The van der Waals surface area contributed by atoms with Gasteiger partial charge in [-0.2, -0.15) is 0 Å². The predicted octanol–water partition coefficient (Wildman–Crippen LogP) is 22.5. The van der Waals surface area contributed by atoms with Crippen molar-refractivity contribution in [3.63, 3.8) is 0 Å². The summed E-state index contributed by atoms with van der Waals surface area (Å²) >= 11 is 0. The summed E-state index contributed by atoms with van der Waals surface area (Å²) in [5, 5.41) is 9.67. The highest BCUT2D eigenvalue weighted by molar-refractivity contribution is 5.70. The fraction of sp³-hybridized carbons (Fsp3) is 0.481. The molecule has 0 aliphatic heterocycles. The molecule has 5 nitrogen and oxygen atoms in total.